The van der Waals surface area contributed by atoms with Gasteiger partial charge >= 0.3 is 0 Å². The van der Waals surface area contributed by atoms with Crippen LogP contribution in [0.2, 0.25) is 5.02 Å². The lowest BCUT2D eigenvalue weighted by molar-refractivity contribution is 0.627. The van der Waals surface area contributed by atoms with Gasteiger partial charge in [0.25, 0.3) is 0 Å². The number of hydrogen-bond donors (Lipinski definition) is 1. The van der Waals surface area contributed by atoms with Gasteiger partial charge in [-0.25, -0.2) is 4.39 Å². The monoisotopic (exact) mass is 331 g/mol. The topological polar surface area (TPSA) is 37.8 Å². The van der Waals surface area contributed by atoms with Crippen molar-refractivity contribution >= 4 is 39.8 Å². The molecular formula is C13H15ClFN3S2. The molecule has 2 rings (SSSR count). The quantitative estimate of drug-likeness (QED) is 0.582. The molecule has 0 fully saturated rings. The molecule has 2 aromatic rings. The third-order valence-corrected chi connectivity index (χ3v) is 4.99. The summed E-state index contributed by atoms with van der Waals surface area (Å²) in [6.07, 6.45) is 2.27. The minimum Gasteiger partial charge on any atom is -0.360 e. The van der Waals surface area contributed by atoms with E-state index in [-0.39, 0.29) is 5.82 Å². The second-order valence-electron chi connectivity index (χ2n) is 4.18. The van der Waals surface area contributed by atoms with Crippen LogP contribution in [-0.4, -0.2) is 16.7 Å². The number of nitrogens with one attached hydrogen (secondary N) is 1. The first-order valence-electron chi connectivity index (χ1n) is 6.33. The van der Waals surface area contributed by atoms with Crippen LogP contribution in [0, 0.1) is 5.82 Å². The van der Waals surface area contributed by atoms with Crippen LogP contribution >= 0.6 is 34.7 Å². The van der Waals surface area contributed by atoms with Crippen LogP contribution in [0.5, 0.6) is 0 Å². The molecule has 0 saturated heterocycles. The van der Waals surface area contributed by atoms with Gasteiger partial charge < -0.3 is 5.32 Å². The van der Waals surface area contributed by atoms with E-state index in [2.05, 4.69) is 22.4 Å². The Kier molecular flexibility index (Phi) is 6.06. The van der Waals surface area contributed by atoms with Gasteiger partial charge in [0.2, 0.25) is 5.13 Å². The van der Waals surface area contributed by atoms with E-state index in [0.717, 1.165) is 34.4 Å². The summed E-state index contributed by atoms with van der Waals surface area (Å²) >= 11 is 9.06. The molecule has 1 aromatic heterocycles. The van der Waals surface area contributed by atoms with E-state index in [0.29, 0.717) is 10.8 Å². The molecule has 0 aliphatic rings. The summed E-state index contributed by atoms with van der Waals surface area (Å²) in [5.41, 5.74) is 0.897. The Morgan fingerprint density at radius 2 is 2.25 bits per heavy atom. The molecule has 0 atom stereocenters. The molecule has 108 valence electrons. The molecule has 20 heavy (non-hydrogen) atoms. The van der Waals surface area contributed by atoms with Crippen molar-refractivity contribution in [1.29, 1.82) is 0 Å². The van der Waals surface area contributed by atoms with Gasteiger partial charge in [-0.1, -0.05) is 54.1 Å². The highest BCUT2D eigenvalue weighted by Crippen LogP contribution is 2.30. The Hall–Kier alpha value is -0.850. The highest BCUT2D eigenvalue weighted by Gasteiger charge is 2.07. The third-order valence-electron chi connectivity index (χ3n) is 2.58. The molecular weight excluding hydrogens is 317 g/mol. The molecule has 0 aliphatic carbocycles. The Balaban J connectivity index is 1.87. The molecule has 0 aliphatic heterocycles. The summed E-state index contributed by atoms with van der Waals surface area (Å²) in [6.45, 7) is 3.06. The average Bonchev–Trinajstić information content (AvgIpc) is 2.86. The first-order chi connectivity index (χ1) is 9.69. The maximum atomic E-state index is 12.9. The van der Waals surface area contributed by atoms with E-state index in [1.807, 2.05) is 0 Å². The number of anilines is 1. The van der Waals surface area contributed by atoms with E-state index in [4.69, 9.17) is 11.6 Å². The Morgan fingerprint density at radius 1 is 1.40 bits per heavy atom. The van der Waals surface area contributed by atoms with Crippen molar-refractivity contribution < 1.29 is 4.39 Å². The number of rotatable bonds is 7. The van der Waals surface area contributed by atoms with Crippen molar-refractivity contribution in [2.75, 3.05) is 11.9 Å². The van der Waals surface area contributed by atoms with Crippen molar-refractivity contribution in [3.63, 3.8) is 0 Å². The Morgan fingerprint density at radius 3 is 3.00 bits per heavy atom. The number of thioether (sulfide) groups is 1. The fraction of sp³-hybridized carbons (Fsp3) is 0.385. The zero-order valence-electron chi connectivity index (χ0n) is 11.0. The maximum absolute atomic E-state index is 12.9. The van der Waals surface area contributed by atoms with Crippen molar-refractivity contribution in [1.82, 2.24) is 10.2 Å². The summed E-state index contributed by atoms with van der Waals surface area (Å²) in [6, 6.07) is 4.45. The first kappa shape index (κ1) is 15.5. The fourth-order valence-electron chi connectivity index (χ4n) is 1.49. The van der Waals surface area contributed by atoms with Crippen molar-refractivity contribution in [3.05, 3.63) is 34.6 Å². The molecule has 7 heteroatoms. The van der Waals surface area contributed by atoms with Gasteiger partial charge in [0.05, 0.1) is 0 Å². The van der Waals surface area contributed by atoms with E-state index in [1.54, 1.807) is 17.8 Å². The summed E-state index contributed by atoms with van der Waals surface area (Å²) < 4.78 is 13.8. The molecule has 1 aromatic carbocycles. The van der Waals surface area contributed by atoms with Gasteiger partial charge in [0.15, 0.2) is 4.34 Å². The first-order valence-corrected chi connectivity index (χ1v) is 8.51. The molecule has 0 amide bonds. The number of nitrogens with zero attached hydrogens (tertiary/aromatic N) is 2. The normalized spacial score (nSPS) is 10.8. The van der Waals surface area contributed by atoms with Crippen LogP contribution in [0.25, 0.3) is 0 Å². The van der Waals surface area contributed by atoms with Crippen LogP contribution in [0.4, 0.5) is 9.52 Å². The van der Waals surface area contributed by atoms with Gasteiger partial charge in [-0.05, 0) is 24.1 Å². The van der Waals surface area contributed by atoms with Gasteiger partial charge in [-0.3, -0.25) is 0 Å². The lowest BCUT2D eigenvalue weighted by Crippen LogP contribution is -1.99. The SMILES string of the molecule is CCCCNc1nnc(SCc2ccc(F)cc2Cl)s1. The van der Waals surface area contributed by atoms with Crippen LogP contribution in [-0.2, 0) is 5.75 Å². The zero-order chi connectivity index (χ0) is 14.4. The van der Waals surface area contributed by atoms with E-state index in [9.17, 15) is 4.39 Å². The third kappa shape index (κ3) is 4.61. The Labute approximate surface area is 131 Å². The predicted molar refractivity (Wildman–Crippen MR) is 84.3 cm³/mol. The van der Waals surface area contributed by atoms with Crippen LogP contribution in [0.1, 0.15) is 25.3 Å². The van der Waals surface area contributed by atoms with Gasteiger partial charge in [0, 0.05) is 17.3 Å². The second kappa shape index (κ2) is 7.81. The fourth-order valence-corrected chi connectivity index (χ4v) is 3.58. The Bertz CT molecular complexity index is 562. The molecule has 0 spiro atoms. The van der Waals surface area contributed by atoms with Crippen LogP contribution < -0.4 is 5.32 Å². The van der Waals surface area contributed by atoms with Crippen molar-refractivity contribution in [3.8, 4) is 0 Å². The second-order valence-corrected chi connectivity index (χ2v) is 6.79. The summed E-state index contributed by atoms with van der Waals surface area (Å²) in [7, 11) is 0. The molecule has 1 heterocycles. The molecule has 0 unspecified atom stereocenters. The molecule has 3 nitrogen and oxygen atoms in total. The molecule has 0 radical (unpaired) electrons. The van der Waals surface area contributed by atoms with E-state index >= 15 is 0 Å². The minimum atomic E-state index is -0.318. The van der Waals surface area contributed by atoms with Gasteiger partial charge in [-0.15, -0.1) is 10.2 Å². The van der Waals surface area contributed by atoms with Crippen molar-refractivity contribution in [2.45, 2.75) is 29.9 Å². The largest absolute Gasteiger partial charge is 0.360 e. The predicted octanol–water partition coefficient (Wildman–Crippen LogP) is 4.83. The van der Waals surface area contributed by atoms with E-state index < -0.39 is 0 Å². The van der Waals surface area contributed by atoms with Crippen LogP contribution in [0.3, 0.4) is 0 Å². The minimum absolute atomic E-state index is 0.318. The van der Waals surface area contributed by atoms with Crippen molar-refractivity contribution in [2.24, 2.45) is 0 Å². The molecule has 0 saturated carbocycles. The lowest BCUT2D eigenvalue weighted by atomic mass is 10.2. The number of benzene rings is 1. The maximum Gasteiger partial charge on any atom is 0.206 e. The highest BCUT2D eigenvalue weighted by atomic mass is 35.5. The number of aromatic nitrogens is 2. The number of unbranched alkanes of at least 4 members (excludes halogenated alkanes) is 1. The number of halogens is 2. The van der Waals surface area contributed by atoms with E-state index in [1.165, 1.54) is 23.5 Å². The summed E-state index contributed by atoms with van der Waals surface area (Å²) in [5, 5.41) is 12.7. The van der Waals surface area contributed by atoms with Gasteiger partial charge in [0.1, 0.15) is 5.82 Å². The van der Waals surface area contributed by atoms with Gasteiger partial charge in [-0.2, -0.15) is 0 Å². The molecule has 0 bridgehead atoms. The highest BCUT2D eigenvalue weighted by molar-refractivity contribution is 8.00. The van der Waals surface area contributed by atoms with Crippen LogP contribution in [0.15, 0.2) is 22.5 Å². The standard InChI is InChI=1S/C13H15ClFN3S2/c1-2-3-6-16-12-17-18-13(20-12)19-8-9-4-5-10(15)7-11(9)14/h4-5,7H,2-3,6,8H2,1H3,(H,16,17). The summed E-state index contributed by atoms with van der Waals surface area (Å²) in [4.78, 5) is 0. The zero-order valence-corrected chi connectivity index (χ0v) is 13.4. The lowest BCUT2D eigenvalue weighted by Gasteiger charge is -2.01. The summed E-state index contributed by atoms with van der Waals surface area (Å²) in [5.74, 6) is 0.338. The average molecular weight is 332 g/mol. The number of hydrogen-bond acceptors (Lipinski definition) is 5. The molecule has 1 N–H and O–H groups in total. The smallest absolute Gasteiger partial charge is 0.206 e.